The van der Waals surface area contributed by atoms with Crippen molar-refractivity contribution in [3.05, 3.63) is 129 Å². The second-order valence-corrected chi connectivity index (χ2v) is 58.0. The first-order valence-electron chi connectivity index (χ1n) is 18.3. The molecule has 2 aliphatic rings. The minimum atomic E-state index is -4.85. The van der Waals surface area contributed by atoms with Gasteiger partial charge in [0.05, 0.1) is 0 Å². The molecule has 3 unspecified atom stereocenters. The van der Waals surface area contributed by atoms with Crippen molar-refractivity contribution in [2.45, 2.75) is 93.5 Å². The Labute approximate surface area is 299 Å². The fourth-order valence-electron chi connectivity index (χ4n) is 8.56. The van der Waals surface area contributed by atoms with Gasteiger partial charge in [0.1, 0.15) is 0 Å². The van der Waals surface area contributed by atoms with E-state index in [1.165, 1.54) is 66.8 Å². The summed E-state index contributed by atoms with van der Waals surface area (Å²) in [5.74, 6) is -0.219. The second-order valence-electron chi connectivity index (χ2n) is 15.4. The Morgan fingerprint density at radius 1 is 0.625 bits per heavy atom. The molecule has 0 fully saturated rings. The van der Waals surface area contributed by atoms with E-state index in [-0.39, 0.29) is 7.25 Å². The third-order valence-corrected chi connectivity index (χ3v) is 63.6. The van der Waals surface area contributed by atoms with E-state index >= 15 is 0 Å². The normalized spacial score (nSPS) is 18.8. The summed E-state index contributed by atoms with van der Waals surface area (Å²) < 4.78 is 0.204. The van der Waals surface area contributed by atoms with Gasteiger partial charge in [0.2, 0.25) is 0 Å². The monoisotopic (exact) mass is 769 g/mol. The molecule has 0 heterocycles. The maximum absolute atomic E-state index is 8.73. The van der Waals surface area contributed by atoms with Crippen LogP contribution in [0.25, 0.3) is 34.4 Å². The summed E-state index contributed by atoms with van der Waals surface area (Å²) in [5.41, 5.74) is 16.2. The summed E-state index contributed by atoms with van der Waals surface area (Å²) in [6.07, 6.45) is 7.03. The first-order valence-corrected chi connectivity index (χ1v) is 34.6. The molecule has 0 amide bonds. The SMILES string of the molecule is CCC1=Cc2c(-c3ccc(C(C)C)cc3)cccc2[CH]1[Zr]([Cl])([Cl])([CH]1C(C(C)CC)=Cc2c(-c3ccc(C(C)C)cc3)cccc21)[SiH](C)C. The van der Waals surface area contributed by atoms with Crippen LogP contribution < -0.4 is 0 Å². The van der Waals surface area contributed by atoms with Gasteiger partial charge in [-0.1, -0.05) is 0 Å². The van der Waals surface area contributed by atoms with Gasteiger partial charge < -0.3 is 0 Å². The van der Waals surface area contributed by atoms with Crippen LogP contribution in [0, 0.1) is 5.92 Å². The van der Waals surface area contributed by atoms with Gasteiger partial charge in [-0.25, -0.2) is 0 Å². The molecule has 4 aromatic carbocycles. The van der Waals surface area contributed by atoms with Crippen molar-refractivity contribution in [1.82, 2.24) is 0 Å². The second kappa shape index (κ2) is 13.6. The van der Waals surface area contributed by atoms with Crippen LogP contribution in [0.15, 0.2) is 96.1 Å². The van der Waals surface area contributed by atoms with Gasteiger partial charge in [-0.3, -0.25) is 0 Å². The summed E-state index contributed by atoms with van der Waals surface area (Å²) in [5, 5.41) is 0. The topological polar surface area (TPSA) is 0 Å². The van der Waals surface area contributed by atoms with Crippen molar-refractivity contribution in [2.24, 2.45) is 5.92 Å². The predicted octanol–water partition coefficient (Wildman–Crippen LogP) is 14.3. The van der Waals surface area contributed by atoms with Crippen molar-refractivity contribution in [1.29, 1.82) is 0 Å². The molecular weight excluding hydrogens is 719 g/mol. The quantitative estimate of drug-likeness (QED) is 0.141. The van der Waals surface area contributed by atoms with Crippen LogP contribution in [0.1, 0.15) is 114 Å². The Kier molecular flexibility index (Phi) is 10.2. The first kappa shape index (κ1) is 35.9. The summed E-state index contributed by atoms with van der Waals surface area (Å²) >= 11 is -4.85. The summed E-state index contributed by atoms with van der Waals surface area (Å²) in [6, 6.07) is 32.2. The van der Waals surface area contributed by atoms with Crippen LogP contribution in [0.5, 0.6) is 0 Å². The van der Waals surface area contributed by atoms with Crippen molar-refractivity contribution in [2.75, 3.05) is 0 Å². The van der Waals surface area contributed by atoms with E-state index in [9.17, 15) is 0 Å². The van der Waals surface area contributed by atoms with Gasteiger partial charge in [-0.05, 0) is 0 Å². The Morgan fingerprint density at radius 2 is 1.08 bits per heavy atom. The average Bonchev–Trinajstić information content (AvgIpc) is 3.68. The number of hydrogen-bond acceptors (Lipinski definition) is 0. The number of halogens is 2. The van der Waals surface area contributed by atoms with Gasteiger partial charge in [-0.15, -0.1) is 0 Å². The van der Waals surface area contributed by atoms with Crippen LogP contribution in [0.3, 0.4) is 0 Å². The zero-order valence-electron chi connectivity index (χ0n) is 30.4. The summed E-state index contributed by atoms with van der Waals surface area (Å²) in [4.78, 5) is 0. The molecule has 48 heavy (non-hydrogen) atoms. The fourth-order valence-corrected chi connectivity index (χ4v) is 40.1. The molecule has 4 heteroatoms. The molecule has 0 aromatic heterocycles. The molecule has 6 rings (SSSR count). The zero-order valence-corrected chi connectivity index (χ0v) is 35.5. The number of allylic oxidation sites excluding steroid dienone is 2. The van der Waals surface area contributed by atoms with Crippen molar-refractivity contribution >= 4 is 35.1 Å². The van der Waals surface area contributed by atoms with Crippen LogP contribution in [-0.4, -0.2) is 5.92 Å². The van der Waals surface area contributed by atoms with Crippen LogP contribution in [0.4, 0.5) is 0 Å². The van der Waals surface area contributed by atoms with E-state index in [0.29, 0.717) is 17.8 Å². The molecule has 0 spiro atoms. The maximum atomic E-state index is 8.73. The average molecular weight is 772 g/mol. The number of benzene rings is 4. The molecule has 2 aliphatic carbocycles. The minimum absolute atomic E-state index is 0.0983. The molecule has 0 saturated heterocycles. The molecule has 0 radical (unpaired) electrons. The van der Waals surface area contributed by atoms with E-state index in [4.69, 9.17) is 17.0 Å². The summed E-state index contributed by atoms with van der Waals surface area (Å²) in [6.45, 7) is 21.0. The van der Waals surface area contributed by atoms with Crippen molar-refractivity contribution < 1.29 is 15.6 Å². The zero-order chi connectivity index (χ0) is 34.6. The van der Waals surface area contributed by atoms with E-state index in [0.717, 1.165) is 12.8 Å². The fraction of sp³-hybridized carbons (Fsp3) is 0.364. The third-order valence-electron chi connectivity index (χ3n) is 11.8. The molecule has 0 saturated carbocycles. The van der Waals surface area contributed by atoms with Gasteiger partial charge in [0, 0.05) is 0 Å². The molecule has 0 N–H and O–H groups in total. The van der Waals surface area contributed by atoms with Gasteiger partial charge in [0.25, 0.3) is 0 Å². The molecule has 3 atom stereocenters. The number of fused-ring (bicyclic) bond motifs is 2. The Balaban J connectivity index is 1.56. The molecule has 0 bridgehead atoms. The van der Waals surface area contributed by atoms with Crippen LogP contribution in [-0.2, 0) is 15.6 Å². The van der Waals surface area contributed by atoms with Gasteiger partial charge in [-0.2, -0.15) is 0 Å². The number of rotatable bonds is 10. The van der Waals surface area contributed by atoms with Crippen molar-refractivity contribution in [3.63, 3.8) is 0 Å². The molecule has 0 aliphatic heterocycles. The molecule has 4 aromatic rings. The summed E-state index contributed by atoms with van der Waals surface area (Å²) in [7, 11) is 17.5. The van der Waals surface area contributed by atoms with E-state index in [2.05, 4.69) is 159 Å². The standard InChI is InChI=1S/C22H25.C20H21.C2H7Si.2ClH.Zr/c1-5-16(4)20-13-19-7-6-8-21(22(19)14-20)18-11-9-17(10-12-18)15(2)3;1-4-15-12-18-6-5-7-19(20(18)13-15)17-10-8-16(9-11-17)14(2)3;1-3-2;;;/h6-16H,5H2,1-4H3;5-14H,4H2,1-3H3;3H,1-2H3;2*1H;/q;;;;;+2/p-2. The first-order chi connectivity index (χ1) is 22.8. The van der Waals surface area contributed by atoms with Crippen LogP contribution >= 0.6 is 17.0 Å². The Morgan fingerprint density at radius 3 is 1.50 bits per heavy atom. The number of hydrogen-bond donors (Lipinski definition) is 0. The van der Waals surface area contributed by atoms with E-state index in [1.54, 1.807) is 0 Å². The molecule has 251 valence electrons. The predicted molar refractivity (Wildman–Crippen MR) is 214 cm³/mol. The van der Waals surface area contributed by atoms with Crippen molar-refractivity contribution in [3.8, 4) is 22.3 Å². The Bertz CT molecular complexity index is 1880. The van der Waals surface area contributed by atoms with E-state index in [1.807, 2.05) is 0 Å². The molecule has 0 nitrogen and oxygen atoms in total. The third kappa shape index (κ3) is 5.86. The molecular formula is C44H53Cl2SiZr. The van der Waals surface area contributed by atoms with Gasteiger partial charge in [0.15, 0.2) is 0 Å². The van der Waals surface area contributed by atoms with Gasteiger partial charge >= 0.3 is 302 Å². The van der Waals surface area contributed by atoms with Crippen LogP contribution in [0.2, 0.25) is 13.1 Å². The van der Waals surface area contributed by atoms with E-state index < -0.39 is 21.5 Å². The Hall–Kier alpha value is -1.96.